The molecule has 0 fully saturated rings. The summed E-state index contributed by atoms with van der Waals surface area (Å²) >= 11 is 12.2. The molecule has 0 radical (unpaired) electrons. The molecule has 3 aromatic carbocycles. The fourth-order valence-electron chi connectivity index (χ4n) is 3.19. The zero-order valence-electron chi connectivity index (χ0n) is 19.1. The minimum absolute atomic E-state index is 0.0232. The zero-order valence-corrected chi connectivity index (χ0v) is 20.6. The van der Waals surface area contributed by atoms with Gasteiger partial charge in [-0.05, 0) is 73.9 Å². The van der Waals surface area contributed by atoms with Crippen molar-refractivity contribution in [3.63, 3.8) is 0 Å². The number of carbonyl (C=O) groups excluding carboxylic acids is 1. The number of aryl methyl sites for hydroxylation is 1. The predicted octanol–water partition coefficient (Wildman–Crippen LogP) is 7.13. The van der Waals surface area contributed by atoms with Crippen molar-refractivity contribution >= 4 is 40.9 Å². The molecule has 0 saturated heterocycles. The SMILES string of the molecule is CCOc1cc(/C=C(/C#N)C(=O)Nc2cccc(C)c2C)ccc1OCc1ccc(Cl)cc1Cl. The second-order valence-electron chi connectivity index (χ2n) is 7.54. The molecule has 34 heavy (non-hydrogen) atoms. The molecule has 1 N–H and O–H groups in total. The summed E-state index contributed by atoms with van der Waals surface area (Å²) in [6.45, 7) is 6.40. The predicted molar refractivity (Wildman–Crippen MR) is 137 cm³/mol. The second-order valence-corrected chi connectivity index (χ2v) is 8.38. The highest BCUT2D eigenvalue weighted by atomic mass is 35.5. The molecule has 3 aromatic rings. The molecule has 5 nitrogen and oxygen atoms in total. The Kier molecular flexibility index (Phi) is 8.59. The second kappa shape index (κ2) is 11.6. The van der Waals surface area contributed by atoms with Crippen molar-refractivity contribution in [3.05, 3.63) is 92.5 Å². The van der Waals surface area contributed by atoms with Gasteiger partial charge in [0.1, 0.15) is 18.2 Å². The van der Waals surface area contributed by atoms with Crippen LogP contribution in [0, 0.1) is 25.2 Å². The third-order valence-corrected chi connectivity index (χ3v) is 5.78. The average molecular weight is 495 g/mol. The summed E-state index contributed by atoms with van der Waals surface area (Å²) in [4.78, 5) is 12.7. The lowest BCUT2D eigenvalue weighted by molar-refractivity contribution is -0.112. The minimum Gasteiger partial charge on any atom is -0.490 e. The molecule has 0 saturated carbocycles. The van der Waals surface area contributed by atoms with Crippen LogP contribution in [0.1, 0.15) is 29.2 Å². The average Bonchev–Trinajstić information content (AvgIpc) is 2.81. The first-order valence-corrected chi connectivity index (χ1v) is 11.4. The maximum Gasteiger partial charge on any atom is 0.266 e. The number of rotatable bonds is 8. The highest BCUT2D eigenvalue weighted by molar-refractivity contribution is 6.35. The van der Waals surface area contributed by atoms with E-state index in [2.05, 4.69) is 5.32 Å². The summed E-state index contributed by atoms with van der Waals surface area (Å²) < 4.78 is 11.6. The highest BCUT2D eigenvalue weighted by Crippen LogP contribution is 2.31. The molecule has 0 aliphatic heterocycles. The van der Waals surface area contributed by atoms with E-state index in [1.165, 1.54) is 6.08 Å². The Morgan fingerprint density at radius 2 is 1.85 bits per heavy atom. The van der Waals surface area contributed by atoms with Gasteiger partial charge < -0.3 is 14.8 Å². The maximum atomic E-state index is 12.7. The van der Waals surface area contributed by atoms with Crippen molar-refractivity contribution in [1.82, 2.24) is 0 Å². The highest BCUT2D eigenvalue weighted by Gasteiger charge is 2.13. The van der Waals surface area contributed by atoms with Crippen LogP contribution in [0.3, 0.4) is 0 Å². The minimum atomic E-state index is -0.480. The molecule has 0 unspecified atom stereocenters. The first-order chi connectivity index (χ1) is 16.3. The van der Waals surface area contributed by atoms with Crippen LogP contribution < -0.4 is 14.8 Å². The summed E-state index contributed by atoms with van der Waals surface area (Å²) in [6, 6.07) is 18.0. The molecule has 0 aromatic heterocycles. The van der Waals surface area contributed by atoms with E-state index in [-0.39, 0.29) is 12.2 Å². The molecule has 3 rings (SSSR count). The van der Waals surface area contributed by atoms with Crippen LogP contribution in [0.5, 0.6) is 11.5 Å². The van der Waals surface area contributed by atoms with Gasteiger partial charge in [-0.2, -0.15) is 5.26 Å². The summed E-state index contributed by atoms with van der Waals surface area (Å²) in [5.41, 5.74) is 4.07. The fraction of sp³-hybridized carbons (Fsp3) is 0.185. The maximum absolute atomic E-state index is 12.7. The van der Waals surface area contributed by atoms with Crippen molar-refractivity contribution in [3.8, 4) is 17.6 Å². The van der Waals surface area contributed by atoms with E-state index < -0.39 is 5.91 Å². The van der Waals surface area contributed by atoms with Gasteiger partial charge in [-0.25, -0.2) is 0 Å². The largest absolute Gasteiger partial charge is 0.490 e. The van der Waals surface area contributed by atoms with Crippen molar-refractivity contribution in [2.45, 2.75) is 27.4 Å². The summed E-state index contributed by atoms with van der Waals surface area (Å²) in [5.74, 6) is 0.531. The third kappa shape index (κ3) is 6.32. The van der Waals surface area contributed by atoms with Crippen molar-refractivity contribution in [2.75, 3.05) is 11.9 Å². The van der Waals surface area contributed by atoms with E-state index >= 15 is 0 Å². The van der Waals surface area contributed by atoms with E-state index in [0.29, 0.717) is 39.4 Å². The lowest BCUT2D eigenvalue weighted by atomic mass is 10.1. The molecule has 0 bridgehead atoms. The Bertz CT molecular complexity index is 1280. The van der Waals surface area contributed by atoms with Gasteiger partial charge in [0.25, 0.3) is 5.91 Å². The first kappa shape index (κ1) is 25.2. The van der Waals surface area contributed by atoms with Crippen molar-refractivity contribution < 1.29 is 14.3 Å². The fourth-order valence-corrected chi connectivity index (χ4v) is 3.65. The number of carbonyl (C=O) groups is 1. The van der Waals surface area contributed by atoms with Crippen LogP contribution >= 0.6 is 23.2 Å². The van der Waals surface area contributed by atoms with Gasteiger partial charge in [-0.3, -0.25) is 4.79 Å². The van der Waals surface area contributed by atoms with E-state index in [0.717, 1.165) is 16.7 Å². The number of nitrogens with one attached hydrogen (secondary N) is 1. The Hall–Kier alpha value is -3.46. The molecule has 1 amide bonds. The number of nitriles is 1. The number of nitrogens with zero attached hydrogens (tertiary/aromatic N) is 1. The number of hydrogen-bond acceptors (Lipinski definition) is 4. The van der Waals surface area contributed by atoms with Gasteiger partial charge >= 0.3 is 0 Å². The number of benzene rings is 3. The van der Waals surface area contributed by atoms with E-state index in [4.69, 9.17) is 32.7 Å². The van der Waals surface area contributed by atoms with Crippen LogP contribution in [-0.2, 0) is 11.4 Å². The Labute approximate surface area is 209 Å². The summed E-state index contributed by atoms with van der Waals surface area (Å²) in [6.07, 6.45) is 1.52. The van der Waals surface area contributed by atoms with Crippen LogP contribution in [0.25, 0.3) is 6.08 Å². The Morgan fingerprint density at radius 1 is 1.06 bits per heavy atom. The molecular formula is C27H24Cl2N2O3. The molecule has 0 aliphatic rings. The van der Waals surface area contributed by atoms with Crippen LogP contribution in [0.15, 0.2) is 60.2 Å². The number of ether oxygens (including phenoxy) is 2. The smallest absolute Gasteiger partial charge is 0.266 e. The lowest BCUT2D eigenvalue weighted by Crippen LogP contribution is -2.14. The molecular weight excluding hydrogens is 471 g/mol. The van der Waals surface area contributed by atoms with Gasteiger partial charge in [0, 0.05) is 21.3 Å². The molecule has 7 heteroatoms. The summed E-state index contributed by atoms with van der Waals surface area (Å²) in [7, 11) is 0. The normalized spacial score (nSPS) is 11.0. The van der Waals surface area contributed by atoms with Crippen molar-refractivity contribution in [1.29, 1.82) is 5.26 Å². The molecule has 0 heterocycles. The van der Waals surface area contributed by atoms with Crippen LogP contribution in [-0.4, -0.2) is 12.5 Å². The Balaban J connectivity index is 1.81. The zero-order chi connectivity index (χ0) is 24.7. The Morgan fingerprint density at radius 3 is 2.56 bits per heavy atom. The lowest BCUT2D eigenvalue weighted by Gasteiger charge is -2.14. The number of anilines is 1. The quantitative estimate of drug-likeness (QED) is 0.267. The number of amides is 1. The van der Waals surface area contributed by atoms with Crippen molar-refractivity contribution in [2.24, 2.45) is 0 Å². The molecule has 174 valence electrons. The van der Waals surface area contributed by atoms with Gasteiger partial charge in [-0.1, -0.05) is 47.5 Å². The van der Waals surface area contributed by atoms with E-state index in [1.807, 2.05) is 45.0 Å². The van der Waals surface area contributed by atoms with Crippen LogP contribution in [0.2, 0.25) is 10.0 Å². The first-order valence-electron chi connectivity index (χ1n) is 10.6. The topological polar surface area (TPSA) is 71.3 Å². The standard InChI is InChI=1S/C27H24Cl2N2O3/c1-4-33-26-13-19(8-11-25(26)34-16-20-9-10-22(28)14-23(20)29)12-21(15-30)27(32)31-24-7-5-6-17(2)18(24)3/h5-14H,4,16H2,1-3H3,(H,31,32)/b21-12-. The van der Waals surface area contributed by atoms with Gasteiger partial charge in [0.2, 0.25) is 0 Å². The van der Waals surface area contributed by atoms with E-state index in [9.17, 15) is 10.1 Å². The van der Waals surface area contributed by atoms with Gasteiger partial charge in [-0.15, -0.1) is 0 Å². The molecule has 0 atom stereocenters. The molecule has 0 aliphatic carbocycles. The van der Waals surface area contributed by atoms with Gasteiger partial charge in [0.15, 0.2) is 11.5 Å². The number of hydrogen-bond donors (Lipinski definition) is 1. The van der Waals surface area contributed by atoms with E-state index in [1.54, 1.807) is 36.4 Å². The molecule has 0 spiro atoms. The van der Waals surface area contributed by atoms with Crippen LogP contribution in [0.4, 0.5) is 5.69 Å². The number of halogens is 2. The third-order valence-electron chi connectivity index (χ3n) is 5.19. The monoisotopic (exact) mass is 494 g/mol. The van der Waals surface area contributed by atoms with Gasteiger partial charge in [0.05, 0.1) is 6.61 Å². The summed E-state index contributed by atoms with van der Waals surface area (Å²) in [5, 5.41) is 13.5.